The van der Waals surface area contributed by atoms with E-state index in [1.165, 1.54) is 25.3 Å². The summed E-state index contributed by atoms with van der Waals surface area (Å²) < 4.78 is 17.8. The lowest BCUT2D eigenvalue weighted by Crippen LogP contribution is -2.25. The summed E-state index contributed by atoms with van der Waals surface area (Å²) in [6, 6.07) is 27.7. The van der Waals surface area contributed by atoms with Crippen LogP contribution in [0.3, 0.4) is 0 Å². The minimum atomic E-state index is -0.775. The van der Waals surface area contributed by atoms with Gasteiger partial charge in [0.05, 0.1) is 54.3 Å². The highest BCUT2D eigenvalue weighted by Gasteiger charge is 2.20. The van der Waals surface area contributed by atoms with Crippen LogP contribution in [0.4, 0.5) is 11.4 Å². The molecule has 0 fully saturated rings. The number of rotatable bonds is 13. The van der Waals surface area contributed by atoms with Crippen molar-refractivity contribution < 1.29 is 28.3 Å². The maximum absolute atomic E-state index is 13.6. The third-order valence-corrected chi connectivity index (χ3v) is 9.35. The van der Waals surface area contributed by atoms with Gasteiger partial charge < -0.3 is 24.5 Å². The maximum Gasteiger partial charge on any atom is 0.337 e. The monoisotopic (exact) mass is 750 g/mol. The Balaban J connectivity index is 1.06. The molecule has 0 aliphatic heterocycles. The zero-order chi connectivity index (χ0) is 39.2. The molecule has 13 heteroatoms. The zero-order valence-corrected chi connectivity index (χ0v) is 30.9. The number of hydrogen-bond acceptors (Lipinski definition) is 10. The van der Waals surface area contributed by atoms with Crippen LogP contribution in [-0.2, 0) is 31.3 Å². The lowest BCUT2D eigenvalue weighted by Gasteiger charge is -2.23. The van der Waals surface area contributed by atoms with Crippen LogP contribution in [0.1, 0.15) is 48.0 Å². The first-order valence-corrected chi connectivity index (χ1v) is 17.7. The molecule has 282 valence electrons. The number of methoxy groups -OCH3 is 2. The molecule has 0 spiro atoms. The van der Waals surface area contributed by atoms with Gasteiger partial charge in [-0.2, -0.15) is 5.10 Å². The van der Waals surface area contributed by atoms with Crippen LogP contribution in [0.15, 0.2) is 125 Å². The van der Waals surface area contributed by atoms with E-state index in [0.717, 1.165) is 46.6 Å². The number of amides is 2. The van der Waals surface area contributed by atoms with Crippen molar-refractivity contribution in [1.29, 1.82) is 0 Å². The molecule has 0 saturated carbocycles. The van der Waals surface area contributed by atoms with Crippen LogP contribution in [0, 0.1) is 0 Å². The van der Waals surface area contributed by atoms with Crippen molar-refractivity contribution in [2.24, 2.45) is 7.05 Å². The van der Waals surface area contributed by atoms with Gasteiger partial charge in [0, 0.05) is 50.0 Å². The molecule has 0 unspecified atom stereocenters. The van der Waals surface area contributed by atoms with Gasteiger partial charge in [-0.05, 0) is 83.8 Å². The quantitative estimate of drug-likeness (QED) is 0.123. The number of fused-ring (bicyclic) bond motifs is 2. The van der Waals surface area contributed by atoms with Crippen LogP contribution >= 0.6 is 0 Å². The highest BCUT2D eigenvalue weighted by molar-refractivity contribution is 6.13. The largest absolute Gasteiger partial charge is 0.495 e. The third-order valence-electron chi connectivity index (χ3n) is 9.35. The smallest absolute Gasteiger partial charge is 0.337 e. The van der Waals surface area contributed by atoms with Crippen LogP contribution in [0.5, 0.6) is 5.75 Å². The number of para-hydroxylation sites is 1. The van der Waals surface area contributed by atoms with Crippen molar-refractivity contribution in [3.63, 3.8) is 0 Å². The van der Waals surface area contributed by atoms with Gasteiger partial charge in [0.25, 0.3) is 11.8 Å². The molecule has 2 amide bonds. The molecule has 13 nitrogen and oxygen atoms in total. The number of nitrogens with zero attached hydrogens (tertiary/aromatic N) is 4. The van der Waals surface area contributed by atoms with E-state index in [0.29, 0.717) is 29.9 Å². The second kappa shape index (κ2) is 16.5. The summed E-state index contributed by atoms with van der Waals surface area (Å²) >= 11 is 0. The van der Waals surface area contributed by atoms with Crippen molar-refractivity contribution >= 4 is 51.0 Å². The molecule has 3 aromatic heterocycles. The van der Waals surface area contributed by atoms with Crippen LogP contribution in [0.25, 0.3) is 21.9 Å². The van der Waals surface area contributed by atoms with E-state index in [1.54, 1.807) is 37.6 Å². The molecular formula is C43H38N6O7. The average Bonchev–Trinajstić information content (AvgIpc) is 3.59. The Morgan fingerprint density at radius 2 is 1.59 bits per heavy atom. The van der Waals surface area contributed by atoms with E-state index >= 15 is 0 Å². The van der Waals surface area contributed by atoms with Crippen molar-refractivity contribution in [2.75, 3.05) is 31.4 Å². The summed E-state index contributed by atoms with van der Waals surface area (Å²) in [6.45, 7) is 2.10. The summed E-state index contributed by atoms with van der Waals surface area (Å²) in [5.41, 5.74) is 4.90. The van der Waals surface area contributed by atoms with E-state index in [1.807, 2.05) is 54.5 Å². The van der Waals surface area contributed by atoms with Crippen LogP contribution in [0.2, 0.25) is 0 Å². The topological polar surface area (TPSA) is 158 Å². The molecule has 7 aromatic rings. The Hall–Kier alpha value is -7.12. The Kier molecular flexibility index (Phi) is 11.0. The lowest BCUT2D eigenvalue weighted by molar-refractivity contribution is 0.0600. The van der Waals surface area contributed by atoms with E-state index in [-0.39, 0.29) is 28.2 Å². The zero-order valence-electron chi connectivity index (χ0n) is 30.9. The normalized spacial score (nSPS) is 11.1. The molecule has 4 aromatic carbocycles. The average molecular weight is 751 g/mol. The van der Waals surface area contributed by atoms with Gasteiger partial charge in [-0.1, -0.05) is 30.3 Å². The fraction of sp³-hybridized carbons (Fsp3) is 0.163. The molecule has 0 radical (unpaired) electrons. The highest BCUT2D eigenvalue weighted by Crippen LogP contribution is 2.24. The number of ether oxygens (including phenoxy) is 2. The molecule has 2 N–H and O–H groups in total. The van der Waals surface area contributed by atoms with Crippen LogP contribution in [-0.4, -0.2) is 58.2 Å². The van der Waals surface area contributed by atoms with Crippen LogP contribution < -0.4 is 20.8 Å². The number of anilines is 2. The van der Waals surface area contributed by atoms with Gasteiger partial charge in [-0.3, -0.25) is 28.9 Å². The fourth-order valence-corrected chi connectivity index (χ4v) is 6.43. The number of benzene rings is 4. The van der Waals surface area contributed by atoms with Gasteiger partial charge in [-0.25, -0.2) is 4.79 Å². The van der Waals surface area contributed by atoms with Gasteiger partial charge in [-0.15, -0.1) is 0 Å². The molecule has 56 heavy (non-hydrogen) atoms. The predicted molar refractivity (Wildman–Crippen MR) is 212 cm³/mol. The molecular weight excluding hydrogens is 713 g/mol. The summed E-state index contributed by atoms with van der Waals surface area (Å²) in [6.07, 6.45) is 6.14. The first-order valence-electron chi connectivity index (χ1n) is 17.7. The first-order chi connectivity index (χ1) is 27.2. The summed E-state index contributed by atoms with van der Waals surface area (Å²) in [4.78, 5) is 58.6. The summed E-state index contributed by atoms with van der Waals surface area (Å²) in [5.74, 6) is -1.53. The van der Waals surface area contributed by atoms with Crippen molar-refractivity contribution in [3.05, 3.63) is 159 Å². The number of carbonyl (C=O) groups excluding carboxylic acids is 3. The number of esters is 1. The number of pyridine rings is 1. The van der Waals surface area contributed by atoms with Gasteiger partial charge in [0.15, 0.2) is 11.2 Å². The fourth-order valence-electron chi connectivity index (χ4n) is 6.43. The summed E-state index contributed by atoms with van der Waals surface area (Å²) in [5, 5.41) is 11.3. The molecule has 7 rings (SSSR count). The molecule has 0 atom stereocenters. The number of nitrogens with one attached hydrogen (secondary N) is 2. The Bertz CT molecular complexity index is 2630. The Morgan fingerprint density at radius 1 is 0.804 bits per heavy atom. The maximum atomic E-state index is 13.6. The van der Waals surface area contributed by atoms with E-state index in [4.69, 9.17) is 13.9 Å². The minimum Gasteiger partial charge on any atom is -0.495 e. The number of hydrogen-bond donors (Lipinski definition) is 2. The second-order valence-electron chi connectivity index (χ2n) is 13.2. The van der Waals surface area contributed by atoms with E-state index < -0.39 is 23.2 Å². The van der Waals surface area contributed by atoms with Gasteiger partial charge in [0.2, 0.25) is 0 Å². The molecule has 0 aliphatic rings. The van der Waals surface area contributed by atoms with E-state index in [2.05, 4.69) is 43.8 Å². The molecule has 0 bridgehead atoms. The Labute approximate surface area is 321 Å². The number of carbonyl (C=O) groups is 3. The number of aromatic nitrogens is 3. The van der Waals surface area contributed by atoms with E-state index in [9.17, 15) is 19.2 Å². The van der Waals surface area contributed by atoms with Crippen molar-refractivity contribution in [1.82, 2.24) is 19.7 Å². The predicted octanol–water partition coefficient (Wildman–Crippen LogP) is 6.62. The van der Waals surface area contributed by atoms with Crippen molar-refractivity contribution in [2.45, 2.75) is 19.5 Å². The standard InChI is InChI=1S/C43H38N6O7/c1-48-37-15-10-28(18-31(37)23-45-48)25-49(26-29-19-33(54-2)24-44-22-29)17-16-27-8-12-32(13-9-27)46-41(51)34-14-11-30(43(53)55-3)20-36(34)47-42(52)40-21-38(50)35-6-4-5-7-39(35)56-40/h4-15,18-24H,16-17,25-26H2,1-3H3,(H,46,51)(H,47,52). The van der Waals surface area contributed by atoms with Gasteiger partial charge in [0.1, 0.15) is 11.3 Å². The molecule has 0 aliphatic carbocycles. The minimum absolute atomic E-state index is 0.0248. The van der Waals surface area contributed by atoms with Gasteiger partial charge >= 0.3 is 5.97 Å². The van der Waals surface area contributed by atoms with Crippen molar-refractivity contribution in [3.8, 4) is 5.75 Å². The third kappa shape index (κ3) is 8.48. The lowest BCUT2D eigenvalue weighted by atomic mass is 10.1. The highest BCUT2D eigenvalue weighted by atomic mass is 16.5. The summed E-state index contributed by atoms with van der Waals surface area (Å²) in [7, 11) is 4.78. The molecule has 3 heterocycles. The second-order valence-corrected chi connectivity index (χ2v) is 13.2. The SMILES string of the molecule is COC(=O)c1ccc(C(=O)Nc2ccc(CCN(Cc3cncc(OC)c3)Cc3ccc4c(cnn4C)c3)cc2)c(NC(=O)c2cc(=O)c3ccccc3o2)c1. The Morgan fingerprint density at radius 3 is 2.39 bits per heavy atom. The molecule has 0 saturated heterocycles. The first kappa shape index (κ1) is 37.2. The number of aryl methyl sites for hydroxylation is 1.